The van der Waals surface area contributed by atoms with E-state index in [1.54, 1.807) is 0 Å². The van der Waals surface area contributed by atoms with Crippen LogP contribution in [0.4, 0.5) is 0 Å². The average molecular weight is 189 g/mol. The van der Waals surface area contributed by atoms with Gasteiger partial charge < -0.3 is 5.32 Å². The summed E-state index contributed by atoms with van der Waals surface area (Å²) >= 11 is 0. The van der Waals surface area contributed by atoms with Crippen LogP contribution >= 0.6 is 0 Å². The summed E-state index contributed by atoms with van der Waals surface area (Å²) in [6.07, 6.45) is 2.66. The van der Waals surface area contributed by atoms with Gasteiger partial charge in [-0.2, -0.15) is 0 Å². The Kier molecular flexibility index (Phi) is 2.36. The fourth-order valence-corrected chi connectivity index (χ4v) is 1.59. The molecule has 1 N–H and O–H groups in total. The van der Waals surface area contributed by atoms with Crippen molar-refractivity contribution in [1.29, 1.82) is 0 Å². The van der Waals surface area contributed by atoms with E-state index >= 15 is 0 Å². The normalized spacial score (nSPS) is 18.2. The first-order chi connectivity index (χ1) is 6.59. The van der Waals surface area contributed by atoms with Crippen LogP contribution in [0.5, 0.6) is 0 Å². The molecule has 0 atom stereocenters. The minimum Gasteiger partial charge on any atom is -0.307 e. The summed E-state index contributed by atoms with van der Waals surface area (Å²) in [6.45, 7) is 7.65. The third-order valence-electron chi connectivity index (χ3n) is 3.29. The Bertz CT molecular complexity index is 337. The molecule has 1 aliphatic carbocycles. The molecule has 0 unspecified atom stereocenters. The van der Waals surface area contributed by atoms with E-state index in [1.165, 1.54) is 29.5 Å². The molecule has 1 aromatic rings. The van der Waals surface area contributed by atoms with E-state index in [2.05, 4.69) is 44.3 Å². The largest absolute Gasteiger partial charge is 0.307 e. The van der Waals surface area contributed by atoms with Crippen LogP contribution in [0.2, 0.25) is 0 Å². The molecule has 0 heterocycles. The predicted molar refractivity (Wildman–Crippen MR) is 60.4 cm³/mol. The molecule has 0 aliphatic heterocycles. The van der Waals surface area contributed by atoms with Crippen molar-refractivity contribution in [3.63, 3.8) is 0 Å². The van der Waals surface area contributed by atoms with Gasteiger partial charge in [0.1, 0.15) is 0 Å². The van der Waals surface area contributed by atoms with Crippen molar-refractivity contribution in [2.45, 2.75) is 45.7 Å². The highest BCUT2D eigenvalue weighted by molar-refractivity contribution is 5.30. The van der Waals surface area contributed by atoms with Crippen molar-refractivity contribution in [1.82, 2.24) is 5.32 Å². The van der Waals surface area contributed by atoms with Gasteiger partial charge >= 0.3 is 0 Å². The van der Waals surface area contributed by atoms with Gasteiger partial charge in [-0.3, -0.25) is 0 Å². The molecule has 76 valence electrons. The Labute approximate surface area is 86.5 Å². The second-order valence-electron chi connectivity index (χ2n) is 4.83. The summed E-state index contributed by atoms with van der Waals surface area (Å²) in [6, 6.07) is 6.72. The first kappa shape index (κ1) is 9.72. The Hall–Kier alpha value is -0.820. The van der Waals surface area contributed by atoms with Crippen LogP contribution in [0.1, 0.15) is 36.5 Å². The molecule has 0 spiro atoms. The zero-order valence-corrected chi connectivity index (χ0v) is 9.35. The number of benzene rings is 1. The Morgan fingerprint density at radius 3 is 2.50 bits per heavy atom. The van der Waals surface area contributed by atoms with Gasteiger partial charge in [0.2, 0.25) is 0 Å². The van der Waals surface area contributed by atoms with Crippen LogP contribution in [0.3, 0.4) is 0 Å². The van der Waals surface area contributed by atoms with Crippen LogP contribution in [-0.2, 0) is 6.54 Å². The van der Waals surface area contributed by atoms with Crippen LogP contribution in [0.15, 0.2) is 18.2 Å². The van der Waals surface area contributed by atoms with E-state index in [0.717, 1.165) is 6.54 Å². The summed E-state index contributed by atoms with van der Waals surface area (Å²) in [5.74, 6) is 0. The maximum absolute atomic E-state index is 3.60. The molecule has 1 nitrogen and oxygen atoms in total. The molecule has 0 saturated heterocycles. The molecular weight excluding hydrogens is 170 g/mol. The standard InChI is InChI=1S/C13H19N/c1-10-4-5-12(8-11(10)2)9-14-13(3)6-7-13/h4-5,8,14H,6-7,9H2,1-3H3. The van der Waals surface area contributed by atoms with Crippen LogP contribution in [-0.4, -0.2) is 5.54 Å². The van der Waals surface area contributed by atoms with Gasteiger partial charge in [-0.1, -0.05) is 18.2 Å². The zero-order valence-electron chi connectivity index (χ0n) is 9.35. The Balaban J connectivity index is 1.99. The molecule has 14 heavy (non-hydrogen) atoms. The molecule has 1 heteroatoms. The van der Waals surface area contributed by atoms with Gasteiger partial charge in [-0.25, -0.2) is 0 Å². The van der Waals surface area contributed by atoms with Crippen molar-refractivity contribution in [3.8, 4) is 0 Å². The second-order valence-corrected chi connectivity index (χ2v) is 4.83. The van der Waals surface area contributed by atoms with Gasteiger partial charge in [0.25, 0.3) is 0 Å². The summed E-state index contributed by atoms with van der Waals surface area (Å²) in [5.41, 5.74) is 4.62. The number of rotatable bonds is 3. The fraction of sp³-hybridized carbons (Fsp3) is 0.538. The molecule has 0 radical (unpaired) electrons. The van der Waals surface area contributed by atoms with E-state index in [0.29, 0.717) is 5.54 Å². The van der Waals surface area contributed by atoms with Crippen molar-refractivity contribution in [2.75, 3.05) is 0 Å². The quantitative estimate of drug-likeness (QED) is 0.771. The Morgan fingerprint density at radius 1 is 1.21 bits per heavy atom. The van der Waals surface area contributed by atoms with Gasteiger partial charge in [0.05, 0.1) is 0 Å². The highest BCUT2D eigenvalue weighted by Gasteiger charge is 2.36. The monoisotopic (exact) mass is 189 g/mol. The van der Waals surface area contributed by atoms with E-state index in [9.17, 15) is 0 Å². The minimum absolute atomic E-state index is 0.443. The summed E-state index contributed by atoms with van der Waals surface area (Å²) in [7, 11) is 0. The lowest BCUT2D eigenvalue weighted by atomic mass is 10.1. The number of nitrogens with one attached hydrogen (secondary N) is 1. The highest BCUT2D eigenvalue weighted by Crippen LogP contribution is 2.34. The number of aryl methyl sites for hydroxylation is 2. The minimum atomic E-state index is 0.443. The van der Waals surface area contributed by atoms with Crippen LogP contribution in [0, 0.1) is 13.8 Å². The van der Waals surface area contributed by atoms with Gasteiger partial charge in [0, 0.05) is 12.1 Å². The van der Waals surface area contributed by atoms with Crippen molar-refractivity contribution < 1.29 is 0 Å². The molecular formula is C13H19N. The summed E-state index contributed by atoms with van der Waals surface area (Å²) in [4.78, 5) is 0. The van der Waals surface area contributed by atoms with E-state index in [4.69, 9.17) is 0 Å². The lowest BCUT2D eigenvalue weighted by Crippen LogP contribution is -2.26. The summed E-state index contributed by atoms with van der Waals surface area (Å²) < 4.78 is 0. The smallest absolute Gasteiger partial charge is 0.0210 e. The topological polar surface area (TPSA) is 12.0 Å². The number of hydrogen-bond acceptors (Lipinski definition) is 1. The number of hydrogen-bond donors (Lipinski definition) is 1. The van der Waals surface area contributed by atoms with E-state index < -0.39 is 0 Å². The maximum Gasteiger partial charge on any atom is 0.0210 e. The lowest BCUT2D eigenvalue weighted by molar-refractivity contribution is 0.537. The van der Waals surface area contributed by atoms with Crippen molar-refractivity contribution >= 4 is 0 Å². The molecule has 1 aliphatic rings. The van der Waals surface area contributed by atoms with E-state index in [1.807, 2.05) is 0 Å². The molecule has 0 amide bonds. The highest BCUT2D eigenvalue weighted by atomic mass is 15.0. The third kappa shape index (κ3) is 2.16. The SMILES string of the molecule is Cc1ccc(CNC2(C)CC2)cc1C. The second kappa shape index (κ2) is 3.39. The van der Waals surface area contributed by atoms with Gasteiger partial charge in [0.15, 0.2) is 0 Å². The molecule has 1 fully saturated rings. The fourth-order valence-electron chi connectivity index (χ4n) is 1.59. The molecule has 2 rings (SSSR count). The van der Waals surface area contributed by atoms with Gasteiger partial charge in [-0.05, 0) is 50.3 Å². The van der Waals surface area contributed by atoms with Crippen molar-refractivity contribution in [3.05, 3.63) is 34.9 Å². The van der Waals surface area contributed by atoms with Crippen LogP contribution in [0.25, 0.3) is 0 Å². The first-order valence-corrected chi connectivity index (χ1v) is 5.40. The molecule has 0 aromatic heterocycles. The summed E-state index contributed by atoms with van der Waals surface area (Å²) in [5, 5.41) is 3.60. The third-order valence-corrected chi connectivity index (χ3v) is 3.29. The van der Waals surface area contributed by atoms with Gasteiger partial charge in [-0.15, -0.1) is 0 Å². The van der Waals surface area contributed by atoms with Crippen LogP contribution < -0.4 is 5.32 Å². The van der Waals surface area contributed by atoms with Crippen molar-refractivity contribution in [2.24, 2.45) is 0 Å². The molecule has 0 bridgehead atoms. The average Bonchev–Trinajstić information content (AvgIpc) is 2.87. The maximum atomic E-state index is 3.60. The lowest BCUT2D eigenvalue weighted by Gasteiger charge is -2.12. The van der Waals surface area contributed by atoms with E-state index in [-0.39, 0.29) is 0 Å². The zero-order chi connectivity index (χ0) is 10.2. The predicted octanol–water partition coefficient (Wildman–Crippen LogP) is 2.95. The first-order valence-electron chi connectivity index (χ1n) is 5.40. The molecule has 1 saturated carbocycles. The Morgan fingerprint density at radius 2 is 1.93 bits per heavy atom. The molecule has 1 aromatic carbocycles.